The van der Waals surface area contributed by atoms with Crippen LogP contribution in [0, 0.1) is 5.82 Å². The Hall–Kier alpha value is -2.47. The predicted molar refractivity (Wildman–Crippen MR) is 73.8 cm³/mol. The van der Waals surface area contributed by atoms with Crippen LogP contribution in [-0.4, -0.2) is 14.6 Å². The molecule has 0 fully saturated rings. The van der Waals surface area contributed by atoms with E-state index in [4.69, 9.17) is 5.73 Å². The van der Waals surface area contributed by atoms with Crippen molar-refractivity contribution in [2.75, 3.05) is 0 Å². The number of halogens is 1. The molecule has 1 aromatic carbocycles. The third-order valence-electron chi connectivity index (χ3n) is 3.09. The van der Waals surface area contributed by atoms with Crippen LogP contribution in [0.5, 0.6) is 0 Å². The van der Waals surface area contributed by atoms with Crippen molar-refractivity contribution in [1.82, 2.24) is 14.6 Å². The SMILES string of the molecule is CC(N)c1cc(=O)n2[nH]c(-c3ccc(F)cc3)cc2n1. The average molecular weight is 272 g/mol. The molecule has 0 amide bonds. The van der Waals surface area contributed by atoms with E-state index in [-0.39, 0.29) is 17.4 Å². The maximum atomic E-state index is 12.9. The molecule has 20 heavy (non-hydrogen) atoms. The lowest BCUT2D eigenvalue weighted by molar-refractivity contribution is 0.628. The second-order valence-electron chi connectivity index (χ2n) is 4.68. The minimum atomic E-state index is -0.308. The van der Waals surface area contributed by atoms with E-state index in [2.05, 4.69) is 10.1 Å². The largest absolute Gasteiger partial charge is 0.323 e. The molecular weight excluding hydrogens is 259 g/mol. The molecule has 0 aliphatic rings. The second-order valence-corrected chi connectivity index (χ2v) is 4.68. The Morgan fingerprint density at radius 1 is 1.30 bits per heavy atom. The molecule has 0 aliphatic heterocycles. The van der Waals surface area contributed by atoms with Crippen LogP contribution in [0.3, 0.4) is 0 Å². The minimum Gasteiger partial charge on any atom is -0.323 e. The van der Waals surface area contributed by atoms with Gasteiger partial charge in [-0.15, -0.1) is 0 Å². The number of nitrogens with zero attached hydrogens (tertiary/aromatic N) is 2. The standard InChI is InChI=1S/C14H13FN4O/c1-8(16)11-7-14(20)19-13(17-11)6-12(18-19)9-2-4-10(15)5-3-9/h2-8,18H,16H2,1H3. The molecule has 5 nitrogen and oxygen atoms in total. The fraction of sp³-hybridized carbons (Fsp3) is 0.143. The first-order valence-electron chi connectivity index (χ1n) is 6.19. The summed E-state index contributed by atoms with van der Waals surface area (Å²) in [4.78, 5) is 16.3. The molecule has 3 aromatic rings. The number of benzene rings is 1. The molecule has 0 radical (unpaired) electrons. The summed E-state index contributed by atoms with van der Waals surface area (Å²) in [7, 11) is 0. The van der Waals surface area contributed by atoms with E-state index in [9.17, 15) is 9.18 Å². The molecule has 0 saturated heterocycles. The summed E-state index contributed by atoms with van der Waals surface area (Å²) < 4.78 is 14.3. The maximum Gasteiger partial charge on any atom is 0.272 e. The van der Waals surface area contributed by atoms with Crippen LogP contribution in [0.1, 0.15) is 18.7 Å². The normalized spacial score (nSPS) is 12.8. The van der Waals surface area contributed by atoms with E-state index in [0.29, 0.717) is 17.0 Å². The molecule has 3 N–H and O–H groups in total. The number of H-pyrrole nitrogens is 1. The highest BCUT2D eigenvalue weighted by Crippen LogP contribution is 2.19. The van der Waals surface area contributed by atoms with Crippen LogP contribution in [0.15, 0.2) is 41.2 Å². The lowest BCUT2D eigenvalue weighted by Crippen LogP contribution is -2.18. The number of aromatic amines is 1. The van der Waals surface area contributed by atoms with Crippen LogP contribution < -0.4 is 11.3 Å². The topological polar surface area (TPSA) is 76.2 Å². The van der Waals surface area contributed by atoms with Crippen molar-refractivity contribution in [1.29, 1.82) is 0 Å². The minimum absolute atomic E-state index is 0.226. The Labute approximate surface area is 113 Å². The van der Waals surface area contributed by atoms with E-state index >= 15 is 0 Å². The summed E-state index contributed by atoms with van der Waals surface area (Å²) in [5.41, 5.74) is 8.02. The quantitative estimate of drug-likeness (QED) is 0.747. The summed E-state index contributed by atoms with van der Waals surface area (Å²) >= 11 is 0. The van der Waals surface area contributed by atoms with Crippen LogP contribution in [0.2, 0.25) is 0 Å². The predicted octanol–water partition coefficient (Wildman–Crippen LogP) is 1.85. The third kappa shape index (κ3) is 2.10. The van der Waals surface area contributed by atoms with E-state index in [1.807, 2.05) is 0 Å². The van der Waals surface area contributed by atoms with E-state index in [1.54, 1.807) is 25.1 Å². The zero-order chi connectivity index (χ0) is 14.3. The summed E-state index contributed by atoms with van der Waals surface area (Å²) in [6, 6.07) is 8.84. The van der Waals surface area contributed by atoms with Gasteiger partial charge >= 0.3 is 0 Å². The van der Waals surface area contributed by atoms with Gasteiger partial charge in [0.2, 0.25) is 0 Å². The Morgan fingerprint density at radius 3 is 2.65 bits per heavy atom. The van der Waals surface area contributed by atoms with E-state index in [1.165, 1.54) is 22.7 Å². The molecule has 1 unspecified atom stereocenters. The maximum absolute atomic E-state index is 12.9. The number of nitrogens with two attached hydrogens (primary N) is 1. The van der Waals surface area contributed by atoms with Crippen molar-refractivity contribution >= 4 is 5.65 Å². The molecule has 0 saturated carbocycles. The number of rotatable bonds is 2. The lowest BCUT2D eigenvalue weighted by atomic mass is 10.1. The fourth-order valence-corrected chi connectivity index (χ4v) is 2.02. The van der Waals surface area contributed by atoms with Gasteiger partial charge in [0.15, 0.2) is 5.65 Å². The number of nitrogens with one attached hydrogen (secondary N) is 1. The Balaban J connectivity index is 2.17. The van der Waals surface area contributed by atoms with Gasteiger partial charge in [0.05, 0.1) is 11.4 Å². The van der Waals surface area contributed by atoms with Crippen molar-refractivity contribution < 1.29 is 4.39 Å². The van der Waals surface area contributed by atoms with Gasteiger partial charge in [-0.3, -0.25) is 9.89 Å². The second kappa shape index (κ2) is 4.57. The zero-order valence-electron chi connectivity index (χ0n) is 10.8. The van der Waals surface area contributed by atoms with Crippen LogP contribution >= 0.6 is 0 Å². The zero-order valence-corrected chi connectivity index (χ0v) is 10.8. The van der Waals surface area contributed by atoms with Crippen molar-refractivity contribution in [3.05, 3.63) is 58.3 Å². The van der Waals surface area contributed by atoms with Gasteiger partial charge < -0.3 is 5.73 Å². The molecule has 3 rings (SSSR count). The lowest BCUT2D eigenvalue weighted by Gasteiger charge is -2.03. The van der Waals surface area contributed by atoms with Gasteiger partial charge in [0.25, 0.3) is 5.56 Å². The van der Waals surface area contributed by atoms with Crippen LogP contribution in [0.25, 0.3) is 16.9 Å². The number of aromatic nitrogens is 3. The first-order chi connectivity index (χ1) is 9.54. The van der Waals surface area contributed by atoms with Crippen molar-refractivity contribution in [3.63, 3.8) is 0 Å². The smallest absolute Gasteiger partial charge is 0.272 e. The van der Waals surface area contributed by atoms with E-state index < -0.39 is 0 Å². The van der Waals surface area contributed by atoms with Crippen molar-refractivity contribution in [3.8, 4) is 11.3 Å². The average Bonchev–Trinajstić information content (AvgIpc) is 2.84. The van der Waals surface area contributed by atoms with Crippen LogP contribution in [-0.2, 0) is 0 Å². The summed E-state index contributed by atoms with van der Waals surface area (Å²) in [5.74, 6) is -0.306. The molecule has 0 spiro atoms. The van der Waals surface area contributed by atoms with E-state index in [0.717, 1.165) is 5.56 Å². The Bertz CT molecular complexity index is 817. The highest BCUT2D eigenvalue weighted by atomic mass is 19.1. The number of hydrogen-bond acceptors (Lipinski definition) is 3. The van der Waals surface area contributed by atoms with Crippen molar-refractivity contribution in [2.45, 2.75) is 13.0 Å². The molecule has 2 heterocycles. The highest BCUT2D eigenvalue weighted by Gasteiger charge is 2.09. The summed E-state index contributed by atoms with van der Waals surface area (Å²) in [6.45, 7) is 1.77. The Morgan fingerprint density at radius 2 is 2.00 bits per heavy atom. The summed E-state index contributed by atoms with van der Waals surface area (Å²) in [5, 5.41) is 2.94. The summed E-state index contributed by atoms with van der Waals surface area (Å²) in [6.07, 6.45) is 0. The monoisotopic (exact) mass is 272 g/mol. The van der Waals surface area contributed by atoms with Gasteiger partial charge in [-0.1, -0.05) is 0 Å². The molecule has 1 atom stereocenters. The molecule has 2 aromatic heterocycles. The molecule has 6 heteroatoms. The molecule has 102 valence electrons. The first kappa shape index (κ1) is 12.6. The van der Waals surface area contributed by atoms with Gasteiger partial charge in [0, 0.05) is 18.2 Å². The van der Waals surface area contributed by atoms with Crippen molar-refractivity contribution in [2.24, 2.45) is 5.73 Å². The molecular formula is C14H13FN4O. The number of fused-ring (bicyclic) bond motifs is 1. The van der Waals surface area contributed by atoms with Gasteiger partial charge in [-0.05, 0) is 36.8 Å². The molecule has 0 aliphatic carbocycles. The van der Waals surface area contributed by atoms with Gasteiger partial charge in [-0.25, -0.2) is 13.9 Å². The van der Waals surface area contributed by atoms with Gasteiger partial charge in [-0.2, -0.15) is 0 Å². The van der Waals surface area contributed by atoms with Gasteiger partial charge in [0.1, 0.15) is 5.82 Å². The fourth-order valence-electron chi connectivity index (χ4n) is 2.02. The number of hydrogen-bond donors (Lipinski definition) is 2. The Kier molecular flexibility index (Phi) is 2.87. The van der Waals surface area contributed by atoms with Crippen LogP contribution in [0.4, 0.5) is 4.39 Å². The molecule has 0 bridgehead atoms. The highest BCUT2D eigenvalue weighted by molar-refractivity contribution is 5.63. The third-order valence-corrected chi connectivity index (χ3v) is 3.09. The first-order valence-corrected chi connectivity index (χ1v) is 6.19.